The Bertz CT molecular complexity index is 308. The molecule has 1 saturated heterocycles. The largest absolute Gasteiger partial charge is 0.392 e. The van der Waals surface area contributed by atoms with Crippen LogP contribution in [0.2, 0.25) is 0 Å². The molecule has 1 aromatic rings. The number of ether oxygens (including phenoxy) is 1. The second kappa shape index (κ2) is 5.14. The summed E-state index contributed by atoms with van der Waals surface area (Å²) in [5.41, 5.74) is 2.02. The van der Waals surface area contributed by atoms with E-state index in [1.807, 2.05) is 24.3 Å². The van der Waals surface area contributed by atoms with Crippen LogP contribution in [0.5, 0.6) is 0 Å². The lowest BCUT2D eigenvalue weighted by molar-refractivity contribution is 0.187. The molecule has 1 aliphatic rings. The van der Waals surface area contributed by atoms with E-state index in [1.54, 1.807) is 0 Å². The quantitative estimate of drug-likeness (QED) is 0.788. The normalized spacial score (nSPS) is 20.5. The predicted molar refractivity (Wildman–Crippen MR) is 59.8 cm³/mol. The van der Waals surface area contributed by atoms with E-state index in [9.17, 15) is 0 Å². The van der Waals surface area contributed by atoms with Crippen molar-refractivity contribution in [3.05, 3.63) is 29.8 Å². The van der Waals surface area contributed by atoms with Gasteiger partial charge in [-0.1, -0.05) is 12.1 Å². The number of anilines is 1. The molecule has 2 rings (SSSR count). The van der Waals surface area contributed by atoms with Gasteiger partial charge in [0.15, 0.2) is 0 Å². The average molecular weight is 207 g/mol. The van der Waals surface area contributed by atoms with Crippen LogP contribution in [0.4, 0.5) is 5.69 Å². The Balaban J connectivity index is 1.86. The Morgan fingerprint density at radius 3 is 3.13 bits per heavy atom. The first kappa shape index (κ1) is 10.5. The fourth-order valence-corrected chi connectivity index (χ4v) is 1.79. The fraction of sp³-hybridized carbons (Fsp3) is 0.500. The maximum absolute atomic E-state index is 8.99. The van der Waals surface area contributed by atoms with Crippen molar-refractivity contribution in [2.75, 3.05) is 25.1 Å². The van der Waals surface area contributed by atoms with Crippen LogP contribution in [0.3, 0.4) is 0 Å². The van der Waals surface area contributed by atoms with Crippen LogP contribution in [0, 0.1) is 5.92 Å². The average Bonchev–Trinajstić information content (AvgIpc) is 2.79. The van der Waals surface area contributed by atoms with Gasteiger partial charge in [-0.2, -0.15) is 0 Å². The molecule has 82 valence electrons. The summed E-state index contributed by atoms with van der Waals surface area (Å²) in [4.78, 5) is 0. The molecule has 15 heavy (non-hydrogen) atoms. The van der Waals surface area contributed by atoms with Gasteiger partial charge < -0.3 is 15.2 Å². The number of aliphatic hydroxyl groups excluding tert-OH is 1. The van der Waals surface area contributed by atoms with E-state index in [-0.39, 0.29) is 6.61 Å². The van der Waals surface area contributed by atoms with Crippen molar-refractivity contribution < 1.29 is 9.84 Å². The third-order valence-electron chi connectivity index (χ3n) is 2.73. The molecule has 1 unspecified atom stereocenters. The summed E-state index contributed by atoms with van der Waals surface area (Å²) >= 11 is 0. The highest BCUT2D eigenvalue weighted by Gasteiger charge is 2.14. The van der Waals surface area contributed by atoms with Gasteiger partial charge in [0, 0.05) is 24.8 Å². The molecule has 2 N–H and O–H groups in total. The summed E-state index contributed by atoms with van der Waals surface area (Å²) in [5, 5.41) is 12.4. The zero-order valence-electron chi connectivity index (χ0n) is 8.78. The van der Waals surface area contributed by atoms with Gasteiger partial charge in [0.25, 0.3) is 0 Å². The number of hydrogen-bond acceptors (Lipinski definition) is 3. The smallest absolute Gasteiger partial charge is 0.0682 e. The monoisotopic (exact) mass is 207 g/mol. The molecule has 1 atom stereocenters. The number of aliphatic hydroxyl groups is 1. The zero-order chi connectivity index (χ0) is 10.5. The molecular formula is C12H17NO2. The van der Waals surface area contributed by atoms with Gasteiger partial charge >= 0.3 is 0 Å². The van der Waals surface area contributed by atoms with Crippen LogP contribution < -0.4 is 5.32 Å². The highest BCUT2D eigenvalue weighted by Crippen LogP contribution is 2.15. The maximum Gasteiger partial charge on any atom is 0.0682 e. The second-order valence-corrected chi connectivity index (χ2v) is 3.97. The number of hydrogen-bond donors (Lipinski definition) is 2. The van der Waals surface area contributed by atoms with Gasteiger partial charge in [-0.25, -0.2) is 0 Å². The molecule has 0 aliphatic carbocycles. The minimum atomic E-state index is 0.0993. The van der Waals surface area contributed by atoms with E-state index in [1.165, 1.54) is 0 Å². The SMILES string of the molecule is OCc1cccc(NCC2CCOC2)c1. The van der Waals surface area contributed by atoms with Crippen LogP contribution >= 0.6 is 0 Å². The van der Waals surface area contributed by atoms with Gasteiger partial charge in [-0.05, 0) is 24.1 Å². The van der Waals surface area contributed by atoms with E-state index >= 15 is 0 Å². The predicted octanol–water partition coefficient (Wildman–Crippen LogP) is 1.63. The minimum absolute atomic E-state index is 0.0993. The van der Waals surface area contributed by atoms with Crippen LogP contribution in [0.25, 0.3) is 0 Å². The summed E-state index contributed by atoms with van der Waals surface area (Å²) in [7, 11) is 0. The molecule has 0 aromatic heterocycles. The highest BCUT2D eigenvalue weighted by atomic mass is 16.5. The van der Waals surface area contributed by atoms with Crippen LogP contribution in [0.15, 0.2) is 24.3 Å². The van der Waals surface area contributed by atoms with E-state index < -0.39 is 0 Å². The number of nitrogens with one attached hydrogen (secondary N) is 1. The lowest BCUT2D eigenvalue weighted by atomic mass is 10.1. The molecule has 3 heteroatoms. The van der Waals surface area contributed by atoms with Gasteiger partial charge in [0.1, 0.15) is 0 Å². The Morgan fingerprint density at radius 2 is 2.40 bits per heavy atom. The molecule has 1 fully saturated rings. The first-order valence-electron chi connectivity index (χ1n) is 5.40. The summed E-state index contributed by atoms with van der Waals surface area (Å²) in [5.74, 6) is 0.628. The van der Waals surface area contributed by atoms with E-state index in [2.05, 4.69) is 5.32 Å². The first-order valence-corrected chi connectivity index (χ1v) is 5.40. The second-order valence-electron chi connectivity index (χ2n) is 3.97. The minimum Gasteiger partial charge on any atom is -0.392 e. The van der Waals surface area contributed by atoms with Gasteiger partial charge in [-0.15, -0.1) is 0 Å². The van der Waals surface area contributed by atoms with Crippen LogP contribution in [0.1, 0.15) is 12.0 Å². The van der Waals surface area contributed by atoms with Gasteiger partial charge in [0.05, 0.1) is 13.2 Å². The molecule has 0 amide bonds. The molecule has 0 bridgehead atoms. The molecule has 1 heterocycles. The van der Waals surface area contributed by atoms with Crippen LogP contribution in [-0.4, -0.2) is 24.9 Å². The third-order valence-corrected chi connectivity index (χ3v) is 2.73. The Kier molecular flexibility index (Phi) is 3.59. The summed E-state index contributed by atoms with van der Waals surface area (Å²) in [6.45, 7) is 2.81. The standard InChI is InChI=1S/C12H17NO2/c14-8-10-2-1-3-12(6-10)13-7-11-4-5-15-9-11/h1-3,6,11,13-14H,4-5,7-9H2. The number of rotatable bonds is 4. The summed E-state index contributed by atoms with van der Waals surface area (Å²) in [6, 6.07) is 7.88. The highest BCUT2D eigenvalue weighted by molar-refractivity contribution is 5.45. The van der Waals surface area contributed by atoms with Crippen molar-refractivity contribution in [3.63, 3.8) is 0 Å². The molecule has 0 saturated carbocycles. The maximum atomic E-state index is 8.99. The lowest BCUT2D eigenvalue weighted by Crippen LogP contribution is -2.14. The molecular weight excluding hydrogens is 190 g/mol. The van der Waals surface area contributed by atoms with E-state index in [0.29, 0.717) is 5.92 Å². The lowest BCUT2D eigenvalue weighted by Gasteiger charge is -2.11. The number of benzene rings is 1. The van der Waals surface area contributed by atoms with Crippen molar-refractivity contribution in [2.24, 2.45) is 5.92 Å². The van der Waals surface area contributed by atoms with Crippen LogP contribution in [-0.2, 0) is 11.3 Å². The molecule has 1 aromatic carbocycles. The van der Waals surface area contributed by atoms with Crippen molar-refractivity contribution in [1.29, 1.82) is 0 Å². The summed E-state index contributed by atoms with van der Waals surface area (Å²) in [6.07, 6.45) is 1.15. The Morgan fingerprint density at radius 1 is 1.47 bits per heavy atom. The van der Waals surface area contributed by atoms with Crippen molar-refractivity contribution >= 4 is 5.69 Å². The van der Waals surface area contributed by atoms with E-state index in [4.69, 9.17) is 9.84 Å². The Hall–Kier alpha value is -1.06. The third kappa shape index (κ3) is 2.94. The van der Waals surface area contributed by atoms with Crippen molar-refractivity contribution in [3.8, 4) is 0 Å². The molecule has 0 radical (unpaired) electrons. The Labute approximate surface area is 90.1 Å². The van der Waals surface area contributed by atoms with Gasteiger partial charge in [-0.3, -0.25) is 0 Å². The first-order chi connectivity index (χ1) is 7.38. The van der Waals surface area contributed by atoms with Crippen molar-refractivity contribution in [2.45, 2.75) is 13.0 Å². The van der Waals surface area contributed by atoms with E-state index in [0.717, 1.165) is 37.4 Å². The summed E-state index contributed by atoms with van der Waals surface area (Å²) < 4.78 is 5.31. The topological polar surface area (TPSA) is 41.5 Å². The van der Waals surface area contributed by atoms with Crippen molar-refractivity contribution in [1.82, 2.24) is 0 Å². The fourth-order valence-electron chi connectivity index (χ4n) is 1.79. The molecule has 0 spiro atoms. The van der Waals surface area contributed by atoms with Gasteiger partial charge in [0.2, 0.25) is 0 Å². The zero-order valence-corrected chi connectivity index (χ0v) is 8.78. The molecule has 3 nitrogen and oxygen atoms in total. The molecule has 1 aliphatic heterocycles.